The maximum absolute atomic E-state index is 6.00. The molecule has 0 aromatic carbocycles. The first kappa shape index (κ1) is 13.5. The minimum absolute atomic E-state index is 0.205. The summed E-state index contributed by atoms with van der Waals surface area (Å²) in [5.74, 6) is 0. The fourth-order valence-corrected chi connectivity index (χ4v) is 3.28. The van der Waals surface area contributed by atoms with Crippen LogP contribution in [0.1, 0.15) is 13.8 Å². The standard InChI is InChI=1S/C12H24O4Si/c1-11(5-13-6-11)9-15-17(3,4)16-10-12(2)7-14-8-12/h5-10H2,1-4H3. The van der Waals surface area contributed by atoms with Gasteiger partial charge < -0.3 is 18.3 Å². The van der Waals surface area contributed by atoms with Gasteiger partial charge in [-0.1, -0.05) is 13.8 Å². The molecule has 2 saturated heterocycles. The van der Waals surface area contributed by atoms with Crippen molar-refractivity contribution in [2.24, 2.45) is 10.8 Å². The Kier molecular flexibility index (Phi) is 3.67. The molecule has 2 heterocycles. The van der Waals surface area contributed by atoms with E-state index >= 15 is 0 Å². The Morgan fingerprint density at radius 3 is 1.47 bits per heavy atom. The molecule has 0 radical (unpaired) electrons. The fourth-order valence-electron chi connectivity index (χ4n) is 1.81. The molecule has 0 aromatic heterocycles. The SMILES string of the molecule is CC1(CO[Si](C)(C)OCC2(C)COC2)COC1. The second-order valence-electron chi connectivity index (χ2n) is 6.58. The lowest BCUT2D eigenvalue weighted by atomic mass is 9.90. The number of ether oxygens (including phenoxy) is 2. The van der Waals surface area contributed by atoms with Gasteiger partial charge in [-0.15, -0.1) is 0 Å². The molecule has 0 atom stereocenters. The van der Waals surface area contributed by atoms with E-state index in [0.717, 1.165) is 39.6 Å². The minimum Gasteiger partial charge on any atom is -0.394 e. The molecule has 100 valence electrons. The van der Waals surface area contributed by atoms with Crippen molar-refractivity contribution in [3.8, 4) is 0 Å². The van der Waals surface area contributed by atoms with Crippen LogP contribution in [0.4, 0.5) is 0 Å². The summed E-state index contributed by atoms with van der Waals surface area (Å²) in [5.41, 5.74) is 0.411. The van der Waals surface area contributed by atoms with E-state index in [2.05, 4.69) is 26.9 Å². The molecule has 4 nitrogen and oxygen atoms in total. The van der Waals surface area contributed by atoms with Crippen molar-refractivity contribution in [3.63, 3.8) is 0 Å². The molecule has 2 aliphatic heterocycles. The maximum atomic E-state index is 6.00. The van der Waals surface area contributed by atoms with Crippen LogP contribution in [0, 0.1) is 10.8 Å². The van der Waals surface area contributed by atoms with Crippen LogP contribution in [0.5, 0.6) is 0 Å². The summed E-state index contributed by atoms with van der Waals surface area (Å²) in [6.45, 7) is 13.3. The van der Waals surface area contributed by atoms with Crippen LogP contribution >= 0.6 is 0 Å². The summed E-state index contributed by atoms with van der Waals surface area (Å²) in [4.78, 5) is 0. The molecule has 0 unspecified atom stereocenters. The monoisotopic (exact) mass is 260 g/mol. The Morgan fingerprint density at radius 2 is 1.24 bits per heavy atom. The molecule has 5 heteroatoms. The topological polar surface area (TPSA) is 36.9 Å². The van der Waals surface area contributed by atoms with E-state index in [1.54, 1.807) is 0 Å². The Balaban J connectivity index is 1.70. The average Bonchev–Trinajstić information content (AvgIpc) is 2.18. The van der Waals surface area contributed by atoms with Crippen molar-refractivity contribution in [1.29, 1.82) is 0 Å². The zero-order valence-corrected chi connectivity index (χ0v) is 12.4. The van der Waals surface area contributed by atoms with Crippen molar-refractivity contribution < 1.29 is 18.3 Å². The second-order valence-corrected chi connectivity index (χ2v) is 9.96. The molecule has 0 bridgehead atoms. The second kappa shape index (κ2) is 4.62. The molecule has 2 fully saturated rings. The summed E-state index contributed by atoms with van der Waals surface area (Å²) < 4.78 is 22.4. The van der Waals surface area contributed by atoms with Crippen LogP contribution in [0.2, 0.25) is 13.1 Å². The predicted molar refractivity (Wildman–Crippen MR) is 67.2 cm³/mol. The van der Waals surface area contributed by atoms with Gasteiger partial charge in [0.1, 0.15) is 0 Å². The van der Waals surface area contributed by atoms with E-state index in [0.29, 0.717) is 0 Å². The minimum atomic E-state index is -2.00. The first-order valence-electron chi connectivity index (χ1n) is 6.26. The normalized spacial score (nSPS) is 26.1. The Bertz CT molecular complexity index is 246. The van der Waals surface area contributed by atoms with Gasteiger partial charge in [-0.3, -0.25) is 0 Å². The lowest BCUT2D eigenvalue weighted by Gasteiger charge is -2.42. The van der Waals surface area contributed by atoms with Crippen molar-refractivity contribution in [2.45, 2.75) is 26.9 Å². The Labute approximate surface area is 105 Å². The zero-order valence-electron chi connectivity index (χ0n) is 11.4. The highest BCUT2D eigenvalue weighted by Gasteiger charge is 2.39. The fraction of sp³-hybridized carbons (Fsp3) is 1.00. The number of hydrogen-bond acceptors (Lipinski definition) is 4. The lowest BCUT2D eigenvalue weighted by Crippen LogP contribution is -2.50. The van der Waals surface area contributed by atoms with Gasteiger partial charge in [0.05, 0.1) is 26.4 Å². The van der Waals surface area contributed by atoms with E-state index in [9.17, 15) is 0 Å². The molecule has 17 heavy (non-hydrogen) atoms. The molecule has 0 spiro atoms. The Hall–Kier alpha value is 0.0569. The third-order valence-electron chi connectivity index (χ3n) is 3.34. The summed E-state index contributed by atoms with van der Waals surface area (Å²) in [6.07, 6.45) is 0. The first-order valence-corrected chi connectivity index (χ1v) is 9.08. The van der Waals surface area contributed by atoms with Crippen LogP contribution in [0.3, 0.4) is 0 Å². The van der Waals surface area contributed by atoms with Crippen molar-refractivity contribution >= 4 is 8.56 Å². The summed E-state index contributed by atoms with van der Waals surface area (Å²) in [6, 6.07) is 0. The van der Waals surface area contributed by atoms with Gasteiger partial charge in [-0.2, -0.15) is 0 Å². The van der Waals surface area contributed by atoms with Gasteiger partial charge in [0.2, 0.25) is 0 Å². The summed E-state index contributed by atoms with van der Waals surface area (Å²) in [7, 11) is -2.00. The van der Waals surface area contributed by atoms with Crippen molar-refractivity contribution in [2.75, 3.05) is 39.6 Å². The molecule has 0 amide bonds. The van der Waals surface area contributed by atoms with Crippen LogP contribution in [0.25, 0.3) is 0 Å². The summed E-state index contributed by atoms with van der Waals surface area (Å²) >= 11 is 0. The molecule has 2 aliphatic rings. The quantitative estimate of drug-likeness (QED) is 0.682. The van der Waals surface area contributed by atoms with Crippen molar-refractivity contribution in [1.82, 2.24) is 0 Å². The van der Waals surface area contributed by atoms with Crippen LogP contribution in [0.15, 0.2) is 0 Å². The molecule has 2 rings (SSSR count). The predicted octanol–water partition coefficient (Wildman–Crippen LogP) is 1.79. The highest BCUT2D eigenvalue weighted by molar-refractivity contribution is 6.64. The lowest BCUT2D eigenvalue weighted by molar-refractivity contribution is -0.135. The van der Waals surface area contributed by atoms with E-state index in [-0.39, 0.29) is 10.8 Å². The zero-order chi connectivity index (χ0) is 12.6. The smallest absolute Gasteiger partial charge is 0.331 e. The van der Waals surface area contributed by atoms with E-state index in [1.807, 2.05) is 0 Å². The largest absolute Gasteiger partial charge is 0.394 e. The molecule has 0 aromatic rings. The van der Waals surface area contributed by atoms with Gasteiger partial charge in [0.15, 0.2) is 0 Å². The summed E-state index contributed by atoms with van der Waals surface area (Å²) in [5, 5.41) is 0. The third kappa shape index (κ3) is 3.51. The maximum Gasteiger partial charge on any atom is 0.331 e. The Morgan fingerprint density at radius 1 is 0.882 bits per heavy atom. The average molecular weight is 260 g/mol. The molecule has 0 aliphatic carbocycles. The number of rotatable bonds is 6. The van der Waals surface area contributed by atoms with E-state index in [4.69, 9.17) is 18.3 Å². The highest BCUT2D eigenvalue weighted by atomic mass is 28.4. The van der Waals surface area contributed by atoms with Gasteiger partial charge >= 0.3 is 8.56 Å². The molecular formula is C12H24O4Si. The van der Waals surface area contributed by atoms with E-state index < -0.39 is 8.56 Å². The van der Waals surface area contributed by atoms with E-state index in [1.165, 1.54) is 0 Å². The van der Waals surface area contributed by atoms with Crippen LogP contribution < -0.4 is 0 Å². The van der Waals surface area contributed by atoms with Crippen molar-refractivity contribution in [3.05, 3.63) is 0 Å². The third-order valence-corrected chi connectivity index (χ3v) is 5.02. The highest BCUT2D eigenvalue weighted by Crippen LogP contribution is 2.30. The van der Waals surface area contributed by atoms with Crippen LogP contribution in [-0.2, 0) is 18.3 Å². The molecule has 0 saturated carbocycles. The number of hydrogen-bond donors (Lipinski definition) is 0. The molecular weight excluding hydrogens is 236 g/mol. The molecule has 0 N–H and O–H groups in total. The van der Waals surface area contributed by atoms with Gasteiger partial charge in [-0.05, 0) is 13.1 Å². The van der Waals surface area contributed by atoms with Gasteiger partial charge in [0, 0.05) is 24.0 Å². The van der Waals surface area contributed by atoms with Crippen LogP contribution in [-0.4, -0.2) is 48.2 Å². The van der Waals surface area contributed by atoms with Gasteiger partial charge in [-0.25, -0.2) is 0 Å². The van der Waals surface area contributed by atoms with Gasteiger partial charge in [0.25, 0.3) is 0 Å². The first-order chi connectivity index (χ1) is 7.83.